The predicted molar refractivity (Wildman–Crippen MR) is 102 cm³/mol. The van der Waals surface area contributed by atoms with Gasteiger partial charge in [0.25, 0.3) is 0 Å². The van der Waals surface area contributed by atoms with Crippen LogP contribution in [-0.4, -0.2) is 18.2 Å². The smallest absolute Gasteiger partial charge is 0.387 e. The third-order valence-electron chi connectivity index (χ3n) is 4.49. The van der Waals surface area contributed by atoms with Crippen LogP contribution in [0.25, 0.3) is 23.1 Å². The molecule has 138 valence electrons. The molecule has 0 saturated heterocycles. The van der Waals surface area contributed by atoms with Gasteiger partial charge in [0.15, 0.2) is 11.5 Å². The van der Waals surface area contributed by atoms with E-state index in [0.29, 0.717) is 18.3 Å². The fourth-order valence-electron chi connectivity index (χ4n) is 2.89. The van der Waals surface area contributed by atoms with Gasteiger partial charge in [0.2, 0.25) is 0 Å². The Hall–Kier alpha value is -2.95. The molecule has 27 heavy (non-hydrogen) atoms. The van der Waals surface area contributed by atoms with Crippen LogP contribution in [0.3, 0.4) is 0 Å². The van der Waals surface area contributed by atoms with Crippen molar-refractivity contribution in [3.63, 3.8) is 0 Å². The molecule has 0 bridgehead atoms. The first-order chi connectivity index (χ1) is 13.2. The van der Waals surface area contributed by atoms with E-state index in [0.717, 1.165) is 34.9 Å². The molecule has 0 amide bonds. The Labute approximate surface area is 156 Å². The Morgan fingerprint density at radius 3 is 2.74 bits per heavy atom. The topological polar surface area (TPSA) is 31.4 Å². The highest BCUT2D eigenvalue weighted by atomic mass is 19.3. The Morgan fingerprint density at radius 2 is 1.93 bits per heavy atom. The first-order valence-corrected chi connectivity index (χ1v) is 8.92. The van der Waals surface area contributed by atoms with E-state index in [1.807, 2.05) is 42.5 Å². The fourth-order valence-corrected chi connectivity index (χ4v) is 2.89. The van der Waals surface area contributed by atoms with Gasteiger partial charge in [-0.3, -0.25) is 4.98 Å². The number of fused-ring (bicyclic) bond motifs is 1. The molecule has 0 spiro atoms. The van der Waals surface area contributed by atoms with Gasteiger partial charge in [-0.05, 0) is 54.2 Å². The fraction of sp³-hybridized carbons (Fsp3) is 0.227. The molecule has 1 aliphatic carbocycles. The summed E-state index contributed by atoms with van der Waals surface area (Å²) in [5.74, 6) is 0.938. The molecule has 5 heteroatoms. The lowest BCUT2D eigenvalue weighted by atomic mass is 10.1. The van der Waals surface area contributed by atoms with Gasteiger partial charge < -0.3 is 9.47 Å². The molecule has 1 aromatic heterocycles. The number of rotatable bonds is 7. The van der Waals surface area contributed by atoms with Crippen LogP contribution >= 0.6 is 0 Å². The lowest BCUT2D eigenvalue weighted by molar-refractivity contribution is -0.0515. The predicted octanol–water partition coefficient (Wildman–Crippen LogP) is 5.80. The minimum absolute atomic E-state index is 0.0668. The lowest BCUT2D eigenvalue weighted by Gasteiger charge is -2.12. The Bertz CT molecular complexity index is 962. The molecule has 4 rings (SSSR count). The maximum Gasteiger partial charge on any atom is 0.387 e. The van der Waals surface area contributed by atoms with Gasteiger partial charge in [0.05, 0.1) is 12.1 Å². The number of benzene rings is 2. The summed E-state index contributed by atoms with van der Waals surface area (Å²) >= 11 is 0. The largest absolute Gasteiger partial charge is 0.489 e. The Morgan fingerprint density at radius 1 is 1.04 bits per heavy atom. The molecule has 0 radical (unpaired) electrons. The second kappa shape index (κ2) is 7.74. The van der Waals surface area contributed by atoms with Crippen LogP contribution in [0.5, 0.6) is 11.5 Å². The number of aromatic nitrogens is 1. The third kappa shape index (κ3) is 4.42. The summed E-state index contributed by atoms with van der Waals surface area (Å²) in [5, 5.41) is 1.05. The van der Waals surface area contributed by atoms with Crippen molar-refractivity contribution in [3.8, 4) is 11.5 Å². The summed E-state index contributed by atoms with van der Waals surface area (Å²) < 4.78 is 35.6. The van der Waals surface area contributed by atoms with E-state index in [9.17, 15) is 8.78 Å². The average Bonchev–Trinajstić information content (AvgIpc) is 3.50. The second-order valence-corrected chi connectivity index (χ2v) is 6.59. The van der Waals surface area contributed by atoms with Gasteiger partial charge in [-0.2, -0.15) is 8.78 Å². The zero-order valence-electron chi connectivity index (χ0n) is 14.6. The molecule has 1 aliphatic rings. The number of hydrogen-bond acceptors (Lipinski definition) is 3. The normalized spacial score (nSPS) is 14.2. The van der Waals surface area contributed by atoms with Gasteiger partial charge in [0, 0.05) is 11.6 Å². The Balaban J connectivity index is 1.60. The zero-order chi connectivity index (χ0) is 18.6. The summed E-state index contributed by atoms with van der Waals surface area (Å²) in [6.07, 6.45) is 7.93. The summed E-state index contributed by atoms with van der Waals surface area (Å²) in [5.41, 5.74) is 2.81. The minimum atomic E-state index is -2.88. The first-order valence-electron chi connectivity index (χ1n) is 8.92. The van der Waals surface area contributed by atoms with Gasteiger partial charge in [-0.25, -0.2) is 0 Å². The molecule has 3 aromatic rings. The van der Waals surface area contributed by atoms with E-state index in [4.69, 9.17) is 4.74 Å². The SMILES string of the molecule is FC(F)Oc1ccc(/C=C/c2cccc3ncccc23)cc1OCC1CC1. The van der Waals surface area contributed by atoms with Crippen molar-refractivity contribution in [2.24, 2.45) is 5.92 Å². The van der Waals surface area contributed by atoms with E-state index in [1.54, 1.807) is 18.3 Å². The minimum Gasteiger partial charge on any atom is -0.489 e. The van der Waals surface area contributed by atoms with Crippen LogP contribution in [0.4, 0.5) is 8.78 Å². The van der Waals surface area contributed by atoms with E-state index in [1.165, 1.54) is 6.07 Å². The maximum absolute atomic E-state index is 12.6. The van der Waals surface area contributed by atoms with Crippen LogP contribution in [-0.2, 0) is 0 Å². The summed E-state index contributed by atoms with van der Waals surface area (Å²) in [6, 6.07) is 14.9. The molecule has 1 saturated carbocycles. The van der Waals surface area contributed by atoms with Crippen molar-refractivity contribution in [2.45, 2.75) is 19.5 Å². The summed E-state index contributed by atoms with van der Waals surface area (Å²) in [7, 11) is 0. The van der Waals surface area contributed by atoms with E-state index in [-0.39, 0.29) is 5.75 Å². The second-order valence-electron chi connectivity index (χ2n) is 6.59. The number of pyridine rings is 1. The van der Waals surface area contributed by atoms with Crippen molar-refractivity contribution in [3.05, 3.63) is 65.9 Å². The number of hydrogen-bond donors (Lipinski definition) is 0. The van der Waals surface area contributed by atoms with Crippen LogP contribution in [0.1, 0.15) is 24.0 Å². The van der Waals surface area contributed by atoms with Crippen LogP contribution in [0, 0.1) is 5.92 Å². The number of alkyl halides is 2. The van der Waals surface area contributed by atoms with Crippen molar-refractivity contribution in [2.75, 3.05) is 6.61 Å². The Kier molecular flexibility index (Phi) is 5.01. The van der Waals surface area contributed by atoms with Crippen molar-refractivity contribution < 1.29 is 18.3 Å². The van der Waals surface area contributed by atoms with Crippen LogP contribution in [0.2, 0.25) is 0 Å². The number of ether oxygens (including phenoxy) is 2. The van der Waals surface area contributed by atoms with Crippen LogP contribution < -0.4 is 9.47 Å². The standard InChI is InChI=1S/C22H19F2NO2/c23-22(24)27-20-11-9-15(13-21(20)26-14-16-6-7-16)8-10-17-3-1-5-19-18(17)4-2-12-25-19/h1-5,8-13,16,22H,6-7,14H2/b10-8+. The van der Waals surface area contributed by atoms with Crippen molar-refractivity contribution >= 4 is 23.1 Å². The molecule has 2 aromatic carbocycles. The van der Waals surface area contributed by atoms with Gasteiger partial charge in [-0.15, -0.1) is 0 Å². The van der Waals surface area contributed by atoms with Crippen molar-refractivity contribution in [1.29, 1.82) is 0 Å². The highest BCUT2D eigenvalue weighted by Crippen LogP contribution is 2.34. The average molecular weight is 367 g/mol. The monoisotopic (exact) mass is 367 g/mol. The molecule has 0 atom stereocenters. The van der Waals surface area contributed by atoms with Crippen LogP contribution in [0.15, 0.2) is 54.7 Å². The molecule has 0 N–H and O–H groups in total. The third-order valence-corrected chi connectivity index (χ3v) is 4.49. The maximum atomic E-state index is 12.6. The molecule has 3 nitrogen and oxygen atoms in total. The quantitative estimate of drug-likeness (QED) is 0.495. The molecule has 0 unspecified atom stereocenters. The first kappa shape index (κ1) is 17.5. The zero-order valence-corrected chi connectivity index (χ0v) is 14.6. The lowest BCUT2D eigenvalue weighted by Crippen LogP contribution is -2.06. The molecule has 1 heterocycles. The summed E-state index contributed by atoms with van der Waals surface area (Å²) in [4.78, 5) is 4.36. The van der Waals surface area contributed by atoms with E-state index < -0.39 is 6.61 Å². The van der Waals surface area contributed by atoms with E-state index in [2.05, 4.69) is 9.72 Å². The van der Waals surface area contributed by atoms with Gasteiger partial charge in [0.1, 0.15) is 0 Å². The highest BCUT2D eigenvalue weighted by Gasteiger charge is 2.23. The van der Waals surface area contributed by atoms with Crippen molar-refractivity contribution in [1.82, 2.24) is 4.98 Å². The van der Waals surface area contributed by atoms with Gasteiger partial charge in [-0.1, -0.05) is 36.4 Å². The molecular formula is C22H19F2NO2. The summed E-state index contributed by atoms with van der Waals surface area (Å²) in [6.45, 7) is -2.35. The van der Waals surface area contributed by atoms with E-state index >= 15 is 0 Å². The molecule has 1 fully saturated rings. The number of nitrogens with zero attached hydrogens (tertiary/aromatic N) is 1. The number of halogens is 2. The highest BCUT2D eigenvalue weighted by molar-refractivity contribution is 5.90. The molecule has 0 aliphatic heterocycles. The molecular weight excluding hydrogens is 348 g/mol. The van der Waals surface area contributed by atoms with Gasteiger partial charge >= 0.3 is 6.61 Å².